The van der Waals surface area contributed by atoms with Gasteiger partial charge in [-0.15, -0.1) is 12.4 Å². The number of nitrogens with zero attached hydrogens (tertiary/aromatic N) is 2. The van der Waals surface area contributed by atoms with Crippen molar-refractivity contribution in [1.82, 2.24) is 15.5 Å². The van der Waals surface area contributed by atoms with Gasteiger partial charge in [0.05, 0.1) is 4.92 Å². The van der Waals surface area contributed by atoms with Gasteiger partial charge in [-0.1, -0.05) is 6.07 Å². The van der Waals surface area contributed by atoms with E-state index in [4.69, 9.17) is 0 Å². The van der Waals surface area contributed by atoms with E-state index in [1.54, 1.807) is 18.9 Å². The molecule has 8 nitrogen and oxygen atoms in total. The maximum Gasteiger partial charge on any atom is 0.270 e. The summed E-state index contributed by atoms with van der Waals surface area (Å²) >= 11 is 0. The molecule has 2 amide bonds. The van der Waals surface area contributed by atoms with Crippen LogP contribution in [-0.4, -0.2) is 53.9 Å². The third-order valence-corrected chi connectivity index (χ3v) is 4.24. The van der Waals surface area contributed by atoms with Gasteiger partial charge in [0.1, 0.15) is 6.04 Å². The number of nitro groups is 1. The highest BCUT2D eigenvalue weighted by atomic mass is 35.5. The number of nitrogens with one attached hydrogen (secondary N) is 2. The molecule has 0 radical (unpaired) electrons. The maximum atomic E-state index is 12.5. The van der Waals surface area contributed by atoms with E-state index in [0.29, 0.717) is 0 Å². The van der Waals surface area contributed by atoms with Crippen LogP contribution in [-0.2, 0) is 4.79 Å². The fourth-order valence-electron chi connectivity index (χ4n) is 2.78. The number of amides is 2. The first-order chi connectivity index (χ1) is 11.4. The minimum Gasteiger partial charge on any atom is -0.341 e. The minimum absolute atomic E-state index is 0. The van der Waals surface area contributed by atoms with Crippen molar-refractivity contribution in [2.75, 3.05) is 20.1 Å². The van der Waals surface area contributed by atoms with E-state index >= 15 is 0 Å². The highest BCUT2D eigenvalue weighted by molar-refractivity contribution is 5.97. The smallest absolute Gasteiger partial charge is 0.270 e. The Morgan fingerprint density at radius 3 is 2.60 bits per heavy atom. The van der Waals surface area contributed by atoms with Gasteiger partial charge in [0.2, 0.25) is 5.91 Å². The lowest BCUT2D eigenvalue weighted by Gasteiger charge is -2.33. The second kappa shape index (κ2) is 9.33. The van der Waals surface area contributed by atoms with Crippen LogP contribution in [0.25, 0.3) is 0 Å². The topological polar surface area (TPSA) is 105 Å². The van der Waals surface area contributed by atoms with Crippen molar-refractivity contribution in [1.29, 1.82) is 0 Å². The summed E-state index contributed by atoms with van der Waals surface area (Å²) in [5, 5.41) is 16.6. The molecule has 2 N–H and O–H groups in total. The zero-order chi connectivity index (χ0) is 17.7. The van der Waals surface area contributed by atoms with Gasteiger partial charge in [0.15, 0.2) is 0 Å². The van der Waals surface area contributed by atoms with Crippen LogP contribution < -0.4 is 10.6 Å². The lowest BCUT2D eigenvalue weighted by molar-refractivity contribution is -0.384. The standard InChI is InChI=1S/C16H22N4O4.ClH/c1-11(16(22)19(2)13-6-8-17-9-7-13)18-15(21)12-4-3-5-14(10-12)20(23)24;/h3-5,10-11,13,17H,6-9H2,1-2H3,(H,18,21);1H. The molecular weight excluding hydrogens is 348 g/mol. The van der Waals surface area contributed by atoms with Gasteiger partial charge in [-0.05, 0) is 38.9 Å². The van der Waals surface area contributed by atoms with Crippen LogP contribution >= 0.6 is 12.4 Å². The molecule has 0 aliphatic carbocycles. The van der Waals surface area contributed by atoms with E-state index in [9.17, 15) is 19.7 Å². The summed E-state index contributed by atoms with van der Waals surface area (Å²) in [5.74, 6) is -0.668. The van der Waals surface area contributed by atoms with Crippen molar-refractivity contribution in [2.45, 2.75) is 31.8 Å². The molecule has 138 valence electrons. The summed E-state index contributed by atoms with van der Waals surface area (Å²) < 4.78 is 0. The third-order valence-electron chi connectivity index (χ3n) is 4.24. The van der Waals surface area contributed by atoms with E-state index in [1.165, 1.54) is 24.3 Å². The van der Waals surface area contributed by atoms with E-state index in [0.717, 1.165) is 25.9 Å². The molecule has 1 saturated heterocycles. The van der Waals surface area contributed by atoms with E-state index in [2.05, 4.69) is 10.6 Å². The molecule has 1 heterocycles. The van der Waals surface area contributed by atoms with Crippen molar-refractivity contribution in [2.24, 2.45) is 0 Å². The minimum atomic E-state index is -0.698. The number of non-ortho nitro benzene ring substituents is 1. The second-order valence-electron chi connectivity index (χ2n) is 5.93. The predicted molar refractivity (Wildman–Crippen MR) is 95.9 cm³/mol. The molecular formula is C16H23ClN4O4. The van der Waals surface area contributed by atoms with Crippen molar-refractivity contribution in [3.63, 3.8) is 0 Å². The first-order valence-electron chi connectivity index (χ1n) is 7.93. The molecule has 1 aliphatic rings. The number of hydrogen-bond acceptors (Lipinski definition) is 5. The van der Waals surface area contributed by atoms with Crippen molar-refractivity contribution >= 4 is 29.9 Å². The van der Waals surface area contributed by atoms with Crippen molar-refractivity contribution in [3.8, 4) is 0 Å². The number of benzene rings is 1. The van der Waals surface area contributed by atoms with Gasteiger partial charge in [0, 0.05) is 30.8 Å². The molecule has 9 heteroatoms. The Balaban J connectivity index is 0.00000312. The molecule has 0 aromatic heterocycles. The Bertz CT molecular complexity index is 634. The Labute approximate surface area is 152 Å². The van der Waals surface area contributed by atoms with Crippen LogP contribution in [0, 0.1) is 10.1 Å². The summed E-state index contributed by atoms with van der Waals surface area (Å²) in [6.07, 6.45) is 1.77. The fraction of sp³-hybridized carbons (Fsp3) is 0.500. The number of hydrogen-bond donors (Lipinski definition) is 2. The van der Waals surface area contributed by atoms with Gasteiger partial charge < -0.3 is 15.5 Å². The molecule has 0 bridgehead atoms. The number of carbonyl (C=O) groups is 2. The lowest BCUT2D eigenvalue weighted by atomic mass is 10.0. The van der Waals surface area contributed by atoms with Gasteiger partial charge in [-0.2, -0.15) is 0 Å². The quantitative estimate of drug-likeness (QED) is 0.601. The first kappa shape index (κ1) is 20.9. The highest BCUT2D eigenvalue weighted by Gasteiger charge is 2.26. The molecule has 1 aromatic carbocycles. The SMILES string of the molecule is CC(NC(=O)c1cccc([N+](=O)[O-])c1)C(=O)N(C)C1CCNCC1.Cl. The van der Waals surface area contributed by atoms with Crippen LogP contribution in [0.4, 0.5) is 5.69 Å². The molecule has 1 unspecified atom stereocenters. The molecule has 1 fully saturated rings. The molecule has 1 atom stereocenters. The Morgan fingerprint density at radius 2 is 2.00 bits per heavy atom. The largest absolute Gasteiger partial charge is 0.341 e. The van der Waals surface area contributed by atoms with Crippen LogP contribution in [0.1, 0.15) is 30.1 Å². The second-order valence-corrected chi connectivity index (χ2v) is 5.93. The van der Waals surface area contributed by atoms with Gasteiger partial charge in [-0.3, -0.25) is 19.7 Å². The molecule has 1 aromatic rings. The molecule has 0 spiro atoms. The molecule has 25 heavy (non-hydrogen) atoms. The van der Waals surface area contributed by atoms with Crippen molar-refractivity contribution < 1.29 is 14.5 Å². The lowest BCUT2D eigenvalue weighted by Crippen LogP contribution is -2.51. The van der Waals surface area contributed by atoms with E-state index < -0.39 is 16.9 Å². The summed E-state index contributed by atoms with van der Waals surface area (Å²) in [5.41, 5.74) is 0.00169. The Kier molecular flexibility index (Phi) is 7.79. The average Bonchev–Trinajstić information content (AvgIpc) is 2.61. The molecule has 2 rings (SSSR count). The third kappa shape index (κ3) is 5.40. The molecule has 0 saturated carbocycles. The monoisotopic (exact) mass is 370 g/mol. The number of carbonyl (C=O) groups excluding carboxylic acids is 2. The Morgan fingerprint density at radius 1 is 1.36 bits per heavy atom. The Hall–Kier alpha value is -2.19. The first-order valence-corrected chi connectivity index (χ1v) is 7.93. The number of halogens is 1. The summed E-state index contributed by atoms with van der Waals surface area (Å²) in [6, 6.07) is 4.91. The number of likely N-dealkylation sites (N-methyl/N-ethyl adjacent to an activating group) is 1. The molecule has 1 aliphatic heterocycles. The zero-order valence-electron chi connectivity index (χ0n) is 14.2. The summed E-state index contributed by atoms with van der Waals surface area (Å²) in [4.78, 5) is 36.6. The van der Waals surface area contributed by atoms with Gasteiger partial charge >= 0.3 is 0 Å². The number of rotatable bonds is 5. The van der Waals surface area contributed by atoms with Crippen LogP contribution in [0.2, 0.25) is 0 Å². The van der Waals surface area contributed by atoms with Crippen LogP contribution in [0.3, 0.4) is 0 Å². The van der Waals surface area contributed by atoms with Gasteiger partial charge in [0.25, 0.3) is 11.6 Å². The maximum absolute atomic E-state index is 12.5. The zero-order valence-corrected chi connectivity index (χ0v) is 15.0. The summed E-state index contributed by atoms with van der Waals surface area (Å²) in [6.45, 7) is 3.36. The van der Waals surface area contributed by atoms with Crippen LogP contribution in [0.15, 0.2) is 24.3 Å². The average molecular weight is 371 g/mol. The van der Waals surface area contributed by atoms with E-state index in [1.807, 2.05) is 0 Å². The van der Waals surface area contributed by atoms with Gasteiger partial charge in [-0.25, -0.2) is 0 Å². The van der Waals surface area contributed by atoms with E-state index in [-0.39, 0.29) is 35.6 Å². The normalized spacial score (nSPS) is 15.6. The number of piperidine rings is 1. The van der Waals surface area contributed by atoms with Crippen molar-refractivity contribution in [3.05, 3.63) is 39.9 Å². The fourth-order valence-corrected chi connectivity index (χ4v) is 2.78. The number of nitro benzene ring substituents is 1. The highest BCUT2D eigenvalue weighted by Crippen LogP contribution is 2.14. The van der Waals surface area contributed by atoms with Crippen LogP contribution in [0.5, 0.6) is 0 Å². The summed E-state index contributed by atoms with van der Waals surface area (Å²) in [7, 11) is 1.74. The predicted octanol–water partition coefficient (Wildman–Crippen LogP) is 1.35.